The smallest absolute Gasteiger partial charge is 0.233 e. The molecule has 0 unspecified atom stereocenters. The number of sulfone groups is 1. The van der Waals surface area contributed by atoms with E-state index in [1.165, 1.54) is 11.8 Å². The highest BCUT2D eigenvalue weighted by atomic mass is 32.2. The normalized spacial score (nSPS) is 20.0. The van der Waals surface area contributed by atoms with Crippen LogP contribution in [0.25, 0.3) is 10.9 Å². The van der Waals surface area contributed by atoms with Crippen molar-refractivity contribution in [3.8, 4) is 0 Å². The van der Waals surface area contributed by atoms with E-state index >= 15 is 0 Å². The molecule has 140 valence electrons. The summed E-state index contributed by atoms with van der Waals surface area (Å²) >= 11 is 1.27. The Morgan fingerprint density at radius 3 is 2.81 bits per heavy atom. The first-order valence-corrected chi connectivity index (χ1v) is 11.3. The maximum atomic E-state index is 12.4. The van der Waals surface area contributed by atoms with Crippen molar-refractivity contribution in [2.75, 3.05) is 23.4 Å². The van der Waals surface area contributed by atoms with Crippen molar-refractivity contribution in [1.82, 2.24) is 15.3 Å². The van der Waals surface area contributed by atoms with Crippen LogP contribution in [0.2, 0.25) is 0 Å². The van der Waals surface area contributed by atoms with Gasteiger partial charge in [-0.2, -0.15) is 0 Å². The van der Waals surface area contributed by atoms with Crippen LogP contribution in [-0.4, -0.2) is 53.6 Å². The molecule has 0 bridgehead atoms. The molecule has 7 nitrogen and oxygen atoms in total. The second-order valence-corrected chi connectivity index (χ2v) is 9.81. The van der Waals surface area contributed by atoms with Gasteiger partial charge in [-0.05, 0) is 32.4 Å². The van der Waals surface area contributed by atoms with Crippen LogP contribution in [0.5, 0.6) is 0 Å². The van der Waals surface area contributed by atoms with E-state index in [9.17, 15) is 13.2 Å². The van der Waals surface area contributed by atoms with E-state index in [-0.39, 0.29) is 23.5 Å². The molecule has 0 spiro atoms. The summed E-state index contributed by atoms with van der Waals surface area (Å²) < 4.78 is 23.0. The standard InChI is InChI=1S/C17H22N4O3S2/c1-3-18-15-13-6-4-5-7-14(13)20-17(21-15)25-11(2)16(22)19-12-8-9-26(23,24)10-12/h4-7,11-12H,3,8-10H2,1-2H3,(H,19,22)(H,18,20,21)/t11-,12-/m1/s1. The Bertz CT molecular complexity index is 917. The van der Waals surface area contributed by atoms with E-state index in [0.29, 0.717) is 11.6 Å². The molecule has 1 aliphatic heterocycles. The molecule has 1 fully saturated rings. The molecule has 2 atom stereocenters. The predicted octanol–water partition coefficient (Wildman–Crippen LogP) is 1.85. The lowest BCUT2D eigenvalue weighted by atomic mass is 10.2. The number of anilines is 1. The number of aromatic nitrogens is 2. The average Bonchev–Trinajstić information content (AvgIpc) is 2.93. The molecule has 1 amide bonds. The molecule has 1 aromatic carbocycles. The lowest BCUT2D eigenvalue weighted by Gasteiger charge is -2.16. The van der Waals surface area contributed by atoms with Crippen molar-refractivity contribution in [3.05, 3.63) is 24.3 Å². The molecule has 2 aromatic rings. The van der Waals surface area contributed by atoms with Gasteiger partial charge in [0.2, 0.25) is 5.91 Å². The number of hydrogen-bond donors (Lipinski definition) is 2. The molecule has 26 heavy (non-hydrogen) atoms. The Morgan fingerprint density at radius 1 is 1.35 bits per heavy atom. The lowest BCUT2D eigenvalue weighted by molar-refractivity contribution is -0.120. The number of thioether (sulfide) groups is 1. The van der Waals surface area contributed by atoms with Crippen molar-refractivity contribution >= 4 is 44.2 Å². The molecule has 1 saturated heterocycles. The maximum Gasteiger partial charge on any atom is 0.233 e. The van der Waals surface area contributed by atoms with E-state index < -0.39 is 15.1 Å². The van der Waals surface area contributed by atoms with Crippen LogP contribution in [0, 0.1) is 0 Å². The summed E-state index contributed by atoms with van der Waals surface area (Å²) in [5.74, 6) is 0.709. The number of amides is 1. The number of carbonyl (C=O) groups excluding carboxylic acids is 1. The second kappa shape index (κ2) is 7.79. The quantitative estimate of drug-likeness (QED) is 0.569. The fourth-order valence-electron chi connectivity index (χ4n) is 2.85. The van der Waals surface area contributed by atoms with Gasteiger partial charge in [0.05, 0.1) is 22.3 Å². The van der Waals surface area contributed by atoms with Crippen molar-refractivity contribution in [3.63, 3.8) is 0 Å². The Labute approximate surface area is 157 Å². The van der Waals surface area contributed by atoms with Gasteiger partial charge in [0.25, 0.3) is 0 Å². The first kappa shape index (κ1) is 18.9. The number of hydrogen-bond acceptors (Lipinski definition) is 7. The highest BCUT2D eigenvalue weighted by Crippen LogP contribution is 2.27. The number of rotatable bonds is 6. The second-order valence-electron chi connectivity index (χ2n) is 6.27. The molecule has 2 heterocycles. The van der Waals surface area contributed by atoms with Crippen molar-refractivity contribution < 1.29 is 13.2 Å². The molecule has 9 heteroatoms. The van der Waals surface area contributed by atoms with Gasteiger partial charge in [-0.25, -0.2) is 18.4 Å². The van der Waals surface area contributed by atoms with E-state index in [1.54, 1.807) is 6.92 Å². The molecular formula is C17H22N4O3S2. The van der Waals surface area contributed by atoms with Gasteiger partial charge in [0.15, 0.2) is 15.0 Å². The molecule has 1 aromatic heterocycles. The number of benzene rings is 1. The topological polar surface area (TPSA) is 101 Å². The van der Waals surface area contributed by atoms with Crippen LogP contribution in [0.3, 0.4) is 0 Å². The van der Waals surface area contributed by atoms with Gasteiger partial charge in [-0.15, -0.1) is 0 Å². The van der Waals surface area contributed by atoms with E-state index in [4.69, 9.17) is 0 Å². The van der Waals surface area contributed by atoms with Gasteiger partial charge in [0, 0.05) is 18.0 Å². The highest BCUT2D eigenvalue weighted by Gasteiger charge is 2.30. The molecule has 0 aliphatic carbocycles. The van der Waals surface area contributed by atoms with Gasteiger partial charge in [0.1, 0.15) is 5.82 Å². The van der Waals surface area contributed by atoms with Crippen LogP contribution in [0.1, 0.15) is 20.3 Å². The van der Waals surface area contributed by atoms with Crippen LogP contribution < -0.4 is 10.6 Å². The monoisotopic (exact) mass is 394 g/mol. The van der Waals surface area contributed by atoms with Crippen molar-refractivity contribution in [2.24, 2.45) is 0 Å². The van der Waals surface area contributed by atoms with E-state index in [0.717, 1.165) is 23.3 Å². The van der Waals surface area contributed by atoms with Crippen LogP contribution >= 0.6 is 11.8 Å². The zero-order chi connectivity index (χ0) is 18.7. The minimum Gasteiger partial charge on any atom is -0.370 e. The van der Waals surface area contributed by atoms with Gasteiger partial charge in [-0.1, -0.05) is 23.9 Å². The molecule has 2 N–H and O–H groups in total. The van der Waals surface area contributed by atoms with Gasteiger partial charge >= 0.3 is 0 Å². The van der Waals surface area contributed by atoms with Crippen molar-refractivity contribution in [1.29, 1.82) is 0 Å². The molecule has 0 radical (unpaired) electrons. The third-order valence-electron chi connectivity index (χ3n) is 4.16. The molecule has 3 rings (SSSR count). The SMILES string of the molecule is CCNc1nc(S[C@H](C)C(=O)N[C@@H]2CCS(=O)(=O)C2)nc2ccccc12. The molecule has 1 aliphatic rings. The Balaban J connectivity index is 1.72. The minimum absolute atomic E-state index is 0.0210. The molecule has 0 saturated carbocycles. The van der Waals surface area contributed by atoms with E-state index in [2.05, 4.69) is 20.6 Å². The molecular weight excluding hydrogens is 372 g/mol. The zero-order valence-corrected chi connectivity index (χ0v) is 16.4. The van der Waals surface area contributed by atoms with Crippen LogP contribution in [0.15, 0.2) is 29.4 Å². The number of fused-ring (bicyclic) bond motifs is 1. The number of nitrogens with one attached hydrogen (secondary N) is 2. The summed E-state index contributed by atoms with van der Waals surface area (Å²) in [5.41, 5.74) is 0.815. The summed E-state index contributed by atoms with van der Waals surface area (Å²) in [7, 11) is -3.02. The third kappa shape index (κ3) is 4.45. The minimum atomic E-state index is -3.02. The summed E-state index contributed by atoms with van der Waals surface area (Å²) in [6.45, 7) is 4.50. The first-order valence-electron chi connectivity index (χ1n) is 8.56. The summed E-state index contributed by atoms with van der Waals surface area (Å²) in [4.78, 5) is 21.5. The fraction of sp³-hybridized carbons (Fsp3) is 0.471. The Kier molecular flexibility index (Phi) is 5.67. The summed E-state index contributed by atoms with van der Waals surface area (Å²) in [6.07, 6.45) is 0.475. The van der Waals surface area contributed by atoms with Crippen LogP contribution in [0.4, 0.5) is 5.82 Å². The number of carbonyl (C=O) groups is 1. The maximum absolute atomic E-state index is 12.4. The fourth-order valence-corrected chi connectivity index (χ4v) is 5.31. The summed E-state index contributed by atoms with van der Waals surface area (Å²) in [5, 5.41) is 7.08. The third-order valence-corrected chi connectivity index (χ3v) is 6.89. The van der Waals surface area contributed by atoms with Gasteiger partial charge in [-0.3, -0.25) is 4.79 Å². The summed E-state index contributed by atoms with van der Waals surface area (Å²) in [6, 6.07) is 7.42. The number of para-hydroxylation sites is 1. The van der Waals surface area contributed by atoms with Crippen LogP contribution in [-0.2, 0) is 14.6 Å². The predicted molar refractivity (Wildman–Crippen MR) is 104 cm³/mol. The van der Waals surface area contributed by atoms with Crippen molar-refractivity contribution in [2.45, 2.75) is 36.7 Å². The zero-order valence-electron chi connectivity index (χ0n) is 14.7. The van der Waals surface area contributed by atoms with Gasteiger partial charge < -0.3 is 10.6 Å². The lowest BCUT2D eigenvalue weighted by Crippen LogP contribution is -2.40. The highest BCUT2D eigenvalue weighted by molar-refractivity contribution is 8.00. The van der Waals surface area contributed by atoms with E-state index in [1.807, 2.05) is 31.2 Å². The average molecular weight is 395 g/mol. The Hall–Kier alpha value is -1.87. The first-order chi connectivity index (χ1) is 12.4. The largest absolute Gasteiger partial charge is 0.370 e. The Morgan fingerprint density at radius 2 is 2.12 bits per heavy atom. The number of nitrogens with zero attached hydrogens (tertiary/aromatic N) is 2.